The normalized spacial score (nSPS) is 13.8. The lowest BCUT2D eigenvalue weighted by molar-refractivity contribution is 0.0742. The van der Waals surface area contributed by atoms with E-state index in [0.29, 0.717) is 36.0 Å². The molecule has 25 heavy (non-hydrogen) atoms. The van der Waals surface area contributed by atoms with Crippen molar-refractivity contribution in [2.45, 2.75) is 13.1 Å². The first-order valence-electron chi connectivity index (χ1n) is 7.73. The van der Waals surface area contributed by atoms with Gasteiger partial charge in [-0.05, 0) is 12.1 Å². The highest BCUT2D eigenvalue weighted by Crippen LogP contribution is 2.20. The SMILES string of the molecule is CN1CCn2nc(C(=O)NCc3cc(-c4ccco4)on3)cc2C1=O. The van der Waals surface area contributed by atoms with Gasteiger partial charge in [0.25, 0.3) is 11.8 Å². The standard InChI is InChI=1S/C16H15N5O4/c1-20-4-5-21-12(16(20)23)8-11(18-21)15(22)17-9-10-7-14(25-19-10)13-3-2-6-24-13/h2-3,6-8H,4-5,9H2,1H3,(H,17,22). The molecule has 9 heteroatoms. The third kappa shape index (κ3) is 2.80. The Hall–Kier alpha value is -3.36. The second kappa shape index (κ2) is 5.93. The highest BCUT2D eigenvalue weighted by Gasteiger charge is 2.25. The number of furan rings is 1. The van der Waals surface area contributed by atoms with Gasteiger partial charge in [0.1, 0.15) is 11.4 Å². The Labute approximate surface area is 142 Å². The minimum absolute atomic E-state index is 0.141. The molecule has 0 saturated heterocycles. The van der Waals surface area contributed by atoms with E-state index in [0.717, 1.165) is 0 Å². The summed E-state index contributed by atoms with van der Waals surface area (Å²) < 4.78 is 12.0. The first kappa shape index (κ1) is 15.2. The monoisotopic (exact) mass is 341 g/mol. The third-order valence-corrected chi connectivity index (χ3v) is 3.98. The number of aromatic nitrogens is 3. The van der Waals surface area contributed by atoms with Crippen LogP contribution in [0.2, 0.25) is 0 Å². The van der Waals surface area contributed by atoms with Crippen molar-refractivity contribution in [1.82, 2.24) is 25.2 Å². The number of fused-ring (bicyclic) bond motifs is 1. The number of nitrogens with one attached hydrogen (secondary N) is 1. The van der Waals surface area contributed by atoms with E-state index in [2.05, 4.69) is 15.6 Å². The first-order valence-corrected chi connectivity index (χ1v) is 7.73. The molecule has 0 atom stereocenters. The van der Waals surface area contributed by atoms with Gasteiger partial charge >= 0.3 is 0 Å². The average molecular weight is 341 g/mol. The molecular weight excluding hydrogens is 326 g/mol. The van der Waals surface area contributed by atoms with E-state index in [9.17, 15) is 9.59 Å². The summed E-state index contributed by atoms with van der Waals surface area (Å²) in [5, 5.41) is 10.8. The van der Waals surface area contributed by atoms with Gasteiger partial charge in [0.2, 0.25) is 5.76 Å². The molecule has 4 rings (SSSR count). The maximum atomic E-state index is 12.3. The Balaban J connectivity index is 1.43. The van der Waals surface area contributed by atoms with E-state index < -0.39 is 0 Å². The van der Waals surface area contributed by atoms with Crippen LogP contribution in [0.1, 0.15) is 26.7 Å². The molecule has 9 nitrogen and oxygen atoms in total. The van der Waals surface area contributed by atoms with Crippen molar-refractivity contribution in [2.75, 3.05) is 13.6 Å². The van der Waals surface area contributed by atoms with Gasteiger partial charge in [0.15, 0.2) is 11.5 Å². The lowest BCUT2D eigenvalue weighted by atomic mass is 10.2. The van der Waals surface area contributed by atoms with Crippen LogP contribution in [0.5, 0.6) is 0 Å². The summed E-state index contributed by atoms with van der Waals surface area (Å²) in [5.41, 5.74) is 1.17. The summed E-state index contributed by atoms with van der Waals surface area (Å²) in [6, 6.07) is 6.70. The van der Waals surface area contributed by atoms with Crippen LogP contribution in [-0.4, -0.2) is 45.2 Å². The molecule has 3 aromatic rings. The van der Waals surface area contributed by atoms with E-state index in [4.69, 9.17) is 8.94 Å². The molecule has 4 heterocycles. The summed E-state index contributed by atoms with van der Waals surface area (Å²) in [6.45, 7) is 1.32. The molecule has 0 radical (unpaired) electrons. The van der Waals surface area contributed by atoms with Crippen LogP contribution < -0.4 is 5.32 Å². The fourth-order valence-electron chi connectivity index (χ4n) is 2.60. The molecule has 0 bridgehead atoms. The minimum atomic E-state index is -0.375. The van der Waals surface area contributed by atoms with Gasteiger partial charge in [0, 0.05) is 25.7 Å². The average Bonchev–Trinajstić information content (AvgIpc) is 3.35. The molecule has 2 amide bonds. The van der Waals surface area contributed by atoms with Crippen LogP contribution in [0.3, 0.4) is 0 Å². The molecule has 0 saturated carbocycles. The first-order chi connectivity index (χ1) is 12.1. The lowest BCUT2D eigenvalue weighted by Crippen LogP contribution is -2.37. The van der Waals surface area contributed by atoms with Gasteiger partial charge in [-0.3, -0.25) is 14.3 Å². The zero-order valence-corrected chi connectivity index (χ0v) is 13.4. The fraction of sp³-hybridized carbons (Fsp3) is 0.250. The number of carbonyl (C=O) groups is 2. The quantitative estimate of drug-likeness (QED) is 0.763. The van der Waals surface area contributed by atoms with Crippen LogP contribution in [-0.2, 0) is 13.1 Å². The topological polar surface area (TPSA) is 106 Å². The Kier molecular flexibility index (Phi) is 3.60. The van der Waals surface area contributed by atoms with E-state index in [1.165, 1.54) is 6.07 Å². The molecular formula is C16H15N5O4. The summed E-state index contributed by atoms with van der Waals surface area (Å²) in [4.78, 5) is 25.9. The van der Waals surface area contributed by atoms with Crippen LogP contribution in [0.25, 0.3) is 11.5 Å². The molecule has 1 N–H and O–H groups in total. The summed E-state index contributed by atoms with van der Waals surface area (Å²) in [5.74, 6) is 0.534. The van der Waals surface area contributed by atoms with Crippen molar-refractivity contribution in [3.05, 3.63) is 47.6 Å². The van der Waals surface area contributed by atoms with E-state index >= 15 is 0 Å². The smallest absolute Gasteiger partial charge is 0.272 e. The lowest BCUT2D eigenvalue weighted by Gasteiger charge is -2.22. The number of nitrogens with zero attached hydrogens (tertiary/aromatic N) is 4. The number of amides is 2. The van der Waals surface area contributed by atoms with Crippen molar-refractivity contribution in [3.8, 4) is 11.5 Å². The minimum Gasteiger partial charge on any atom is -0.461 e. The maximum absolute atomic E-state index is 12.3. The zero-order chi connectivity index (χ0) is 17.4. The van der Waals surface area contributed by atoms with Gasteiger partial charge in [-0.15, -0.1) is 0 Å². The van der Waals surface area contributed by atoms with Crippen molar-refractivity contribution >= 4 is 11.8 Å². The van der Waals surface area contributed by atoms with Crippen LogP contribution in [0, 0.1) is 0 Å². The van der Waals surface area contributed by atoms with Crippen LogP contribution >= 0.6 is 0 Å². The highest BCUT2D eigenvalue weighted by atomic mass is 16.5. The number of carbonyl (C=O) groups excluding carboxylic acids is 2. The van der Waals surface area contributed by atoms with Gasteiger partial charge in [-0.1, -0.05) is 5.16 Å². The molecule has 0 fully saturated rings. The van der Waals surface area contributed by atoms with E-state index in [1.54, 1.807) is 41.1 Å². The van der Waals surface area contributed by atoms with Gasteiger partial charge < -0.3 is 19.2 Å². The number of hydrogen-bond donors (Lipinski definition) is 1. The number of hydrogen-bond acceptors (Lipinski definition) is 6. The summed E-state index contributed by atoms with van der Waals surface area (Å²) in [6.07, 6.45) is 1.54. The molecule has 0 aliphatic carbocycles. The molecule has 0 unspecified atom stereocenters. The Morgan fingerprint density at radius 2 is 2.20 bits per heavy atom. The molecule has 128 valence electrons. The molecule has 0 spiro atoms. The van der Waals surface area contributed by atoms with Crippen LogP contribution in [0.15, 0.2) is 39.5 Å². The second-order valence-electron chi connectivity index (χ2n) is 5.71. The summed E-state index contributed by atoms with van der Waals surface area (Å²) in [7, 11) is 1.72. The molecule has 3 aromatic heterocycles. The molecule has 0 aromatic carbocycles. The Morgan fingerprint density at radius 3 is 3.00 bits per heavy atom. The van der Waals surface area contributed by atoms with Crippen molar-refractivity contribution in [2.24, 2.45) is 0 Å². The van der Waals surface area contributed by atoms with E-state index in [-0.39, 0.29) is 24.1 Å². The Morgan fingerprint density at radius 1 is 1.32 bits per heavy atom. The summed E-state index contributed by atoms with van der Waals surface area (Å²) >= 11 is 0. The molecule has 1 aliphatic heterocycles. The number of rotatable bonds is 4. The predicted molar refractivity (Wildman–Crippen MR) is 84.6 cm³/mol. The maximum Gasteiger partial charge on any atom is 0.272 e. The second-order valence-corrected chi connectivity index (χ2v) is 5.71. The largest absolute Gasteiger partial charge is 0.461 e. The van der Waals surface area contributed by atoms with E-state index in [1.807, 2.05) is 0 Å². The predicted octanol–water partition coefficient (Wildman–Crippen LogP) is 1.15. The zero-order valence-electron chi connectivity index (χ0n) is 13.4. The third-order valence-electron chi connectivity index (χ3n) is 3.98. The van der Waals surface area contributed by atoms with Gasteiger partial charge in [-0.2, -0.15) is 5.10 Å². The molecule has 1 aliphatic rings. The Bertz CT molecular complexity index is 924. The fourth-order valence-corrected chi connectivity index (χ4v) is 2.60. The highest BCUT2D eigenvalue weighted by molar-refractivity contribution is 5.98. The van der Waals surface area contributed by atoms with Gasteiger partial charge in [-0.25, -0.2) is 0 Å². The van der Waals surface area contributed by atoms with Crippen molar-refractivity contribution in [1.29, 1.82) is 0 Å². The van der Waals surface area contributed by atoms with Crippen molar-refractivity contribution in [3.63, 3.8) is 0 Å². The van der Waals surface area contributed by atoms with Crippen LogP contribution in [0.4, 0.5) is 0 Å². The van der Waals surface area contributed by atoms with Crippen molar-refractivity contribution < 1.29 is 18.5 Å². The number of likely N-dealkylation sites (N-methyl/N-ethyl adjacent to an activating group) is 1. The van der Waals surface area contributed by atoms with Gasteiger partial charge in [0.05, 0.1) is 19.4 Å².